The number of aromatic nitrogens is 2. The van der Waals surface area contributed by atoms with E-state index in [9.17, 15) is 22.4 Å². The van der Waals surface area contributed by atoms with Crippen LogP contribution in [0.1, 0.15) is 0 Å². The van der Waals surface area contributed by atoms with E-state index in [-0.39, 0.29) is 11.4 Å². The summed E-state index contributed by atoms with van der Waals surface area (Å²) < 4.78 is 56.0. The number of H-pyrrole nitrogens is 1. The molecule has 0 spiro atoms. The van der Waals surface area contributed by atoms with Gasteiger partial charge in [-0.15, -0.1) is 0 Å². The van der Waals surface area contributed by atoms with Gasteiger partial charge in [0.2, 0.25) is 0 Å². The van der Waals surface area contributed by atoms with Crippen molar-refractivity contribution in [3.63, 3.8) is 0 Å². The van der Waals surface area contributed by atoms with Crippen LogP contribution in [0.2, 0.25) is 0 Å². The second kappa shape index (κ2) is 5.84. The van der Waals surface area contributed by atoms with Gasteiger partial charge in [-0.1, -0.05) is 0 Å². The molecule has 2 N–H and O–H groups in total. The second-order valence-electron chi connectivity index (χ2n) is 4.75. The Labute approximate surface area is 132 Å². The molecule has 24 heavy (non-hydrogen) atoms. The fraction of sp³-hybridized carbons (Fsp3) is 0.0667. The quantitative estimate of drug-likeness (QED) is 0.709. The van der Waals surface area contributed by atoms with Crippen molar-refractivity contribution in [2.75, 3.05) is 5.32 Å². The van der Waals surface area contributed by atoms with Crippen LogP contribution < -0.4 is 10.1 Å². The largest absolute Gasteiger partial charge is 0.471 e. The Morgan fingerprint density at radius 3 is 2.67 bits per heavy atom. The van der Waals surface area contributed by atoms with Crippen LogP contribution in [0.25, 0.3) is 11.0 Å². The third kappa shape index (κ3) is 3.14. The highest BCUT2D eigenvalue weighted by Gasteiger charge is 2.38. The number of rotatable bonds is 3. The van der Waals surface area contributed by atoms with E-state index in [1.807, 2.05) is 0 Å². The molecule has 0 aliphatic heterocycles. The van der Waals surface area contributed by atoms with E-state index in [1.54, 1.807) is 17.6 Å². The average Bonchev–Trinajstić information content (AvgIpc) is 2.98. The summed E-state index contributed by atoms with van der Waals surface area (Å²) in [5, 5.41) is 2.18. The van der Waals surface area contributed by atoms with Gasteiger partial charge in [-0.3, -0.25) is 4.79 Å². The molecule has 3 rings (SSSR count). The number of alkyl halides is 3. The van der Waals surface area contributed by atoms with Crippen LogP contribution in [0.3, 0.4) is 0 Å². The molecular formula is C15H9F4N3O2. The summed E-state index contributed by atoms with van der Waals surface area (Å²) in [6.45, 7) is 0. The number of benzene rings is 1. The van der Waals surface area contributed by atoms with Gasteiger partial charge in [-0.2, -0.15) is 13.2 Å². The van der Waals surface area contributed by atoms with Crippen LogP contribution in [0.4, 0.5) is 23.2 Å². The summed E-state index contributed by atoms with van der Waals surface area (Å²) in [7, 11) is 0. The molecule has 0 aliphatic rings. The van der Waals surface area contributed by atoms with Gasteiger partial charge in [0, 0.05) is 24.1 Å². The number of fused-ring (bicyclic) bond motifs is 1. The molecule has 0 atom stereocenters. The number of pyridine rings is 1. The van der Waals surface area contributed by atoms with Gasteiger partial charge >= 0.3 is 12.1 Å². The van der Waals surface area contributed by atoms with Gasteiger partial charge in [-0.25, -0.2) is 9.37 Å². The van der Waals surface area contributed by atoms with Gasteiger partial charge in [0.05, 0.1) is 5.39 Å². The minimum Gasteiger partial charge on any atom is -0.453 e. The minimum atomic E-state index is -5.05. The summed E-state index contributed by atoms with van der Waals surface area (Å²) in [5.41, 5.74) is 0.214. The lowest BCUT2D eigenvalue weighted by Gasteiger charge is -2.11. The summed E-state index contributed by atoms with van der Waals surface area (Å²) in [5.74, 6) is -2.98. The summed E-state index contributed by atoms with van der Waals surface area (Å²) in [4.78, 5) is 17.8. The molecule has 1 amide bonds. The Morgan fingerprint density at radius 2 is 1.96 bits per heavy atom. The Hall–Kier alpha value is -3.10. The fourth-order valence-corrected chi connectivity index (χ4v) is 2.01. The van der Waals surface area contributed by atoms with Crippen molar-refractivity contribution in [3.8, 4) is 11.5 Å². The van der Waals surface area contributed by atoms with Crippen LogP contribution in [0.15, 0.2) is 42.7 Å². The van der Waals surface area contributed by atoms with E-state index < -0.39 is 17.9 Å². The first-order valence-electron chi connectivity index (χ1n) is 6.62. The molecule has 2 aromatic heterocycles. The number of hydrogen-bond acceptors (Lipinski definition) is 3. The monoisotopic (exact) mass is 339 g/mol. The maximum atomic E-state index is 14.0. The number of ether oxygens (including phenoxy) is 1. The molecule has 0 radical (unpaired) electrons. The number of halogens is 4. The molecule has 3 aromatic rings. The number of amides is 1. The molecule has 124 valence electrons. The summed E-state index contributed by atoms with van der Waals surface area (Å²) >= 11 is 0. The summed E-state index contributed by atoms with van der Waals surface area (Å²) in [6, 6.07) is 6.19. The van der Waals surface area contributed by atoms with E-state index >= 15 is 0 Å². The van der Waals surface area contributed by atoms with Crippen molar-refractivity contribution in [2.45, 2.75) is 6.18 Å². The summed E-state index contributed by atoms with van der Waals surface area (Å²) in [6.07, 6.45) is -1.96. The van der Waals surface area contributed by atoms with Gasteiger partial charge in [0.15, 0.2) is 11.6 Å². The van der Waals surface area contributed by atoms with Crippen molar-refractivity contribution >= 4 is 22.6 Å². The lowest BCUT2D eigenvalue weighted by Crippen LogP contribution is -2.29. The van der Waals surface area contributed by atoms with Crippen molar-refractivity contribution in [1.82, 2.24) is 9.97 Å². The number of aromatic amines is 1. The van der Waals surface area contributed by atoms with E-state index in [2.05, 4.69) is 9.97 Å². The van der Waals surface area contributed by atoms with Gasteiger partial charge < -0.3 is 15.0 Å². The molecule has 0 saturated heterocycles. The number of anilines is 1. The van der Waals surface area contributed by atoms with Crippen LogP contribution in [-0.4, -0.2) is 22.1 Å². The minimum absolute atomic E-state index is 0.200. The number of carbonyl (C=O) groups is 1. The Morgan fingerprint density at radius 1 is 1.17 bits per heavy atom. The molecule has 0 aliphatic carbocycles. The van der Waals surface area contributed by atoms with E-state index in [0.29, 0.717) is 16.8 Å². The lowest BCUT2D eigenvalue weighted by molar-refractivity contribution is -0.167. The molecule has 0 bridgehead atoms. The van der Waals surface area contributed by atoms with Gasteiger partial charge in [0.25, 0.3) is 0 Å². The van der Waals surface area contributed by atoms with Crippen molar-refractivity contribution < 1.29 is 27.1 Å². The number of nitrogens with zero attached hydrogens (tertiary/aromatic N) is 1. The first kappa shape index (κ1) is 15.8. The number of nitrogens with one attached hydrogen (secondary N) is 2. The Balaban J connectivity index is 1.83. The molecule has 0 fully saturated rings. The van der Waals surface area contributed by atoms with Crippen molar-refractivity contribution in [2.24, 2.45) is 0 Å². The molecular weight excluding hydrogens is 330 g/mol. The third-order valence-corrected chi connectivity index (χ3v) is 3.09. The van der Waals surface area contributed by atoms with Crippen LogP contribution in [0, 0.1) is 5.82 Å². The lowest BCUT2D eigenvalue weighted by atomic mass is 10.2. The van der Waals surface area contributed by atoms with Crippen LogP contribution in [-0.2, 0) is 4.79 Å². The van der Waals surface area contributed by atoms with Gasteiger partial charge in [0.1, 0.15) is 11.4 Å². The normalized spacial score (nSPS) is 11.5. The maximum Gasteiger partial charge on any atom is 0.471 e. The highest BCUT2D eigenvalue weighted by atomic mass is 19.4. The van der Waals surface area contributed by atoms with Crippen molar-refractivity contribution in [3.05, 3.63) is 48.5 Å². The SMILES string of the molecule is O=C(Nc1ccc(Oc2ccnc3[nH]ccc23)c(F)c1)C(F)(F)F. The van der Waals surface area contributed by atoms with E-state index in [1.165, 1.54) is 12.3 Å². The topological polar surface area (TPSA) is 67.0 Å². The second-order valence-corrected chi connectivity index (χ2v) is 4.75. The van der Waals surface area contributed by atoms with E-state index in [4.69, 9.17) is 4.74 Å². The molecule has 9 heteroatoms. The molecule has 2 heterocycles. The zero-order valence-corrected chi connectivity index (χ0v) is 11.8. The van der Waals surface area contributed by atoms with Crippen LogP contribution in [0.5, 0.6) is 11.5 Å². The maximum absolute atomic E-state index is 14.0. The molecule has 0 unspecified atom stereocenters. The predicted molar refractivity (Wildman–Crippen MR) is 77.3 cm³/mol. The average molecular weight is 339 g/mol. The molecule has 0 saturated carbocycles. The number of carbonyl (C=O) groups excluding carboxylic acids is 1. The fourth-order valence-electron chi connectivity index (χ4n) is 2.01. The Bertz CT molecular complexity index is 905. The predicted octanol–water partition coefficient (Wildman–Crippen LogP) is 4.00. The van der Waals surface area contributed by atoms with Crippen LogP contribution >= 0.6 is 0 Å². The highest BCUT2D eigenvalue weighted by Crippen LogP contribution is 2.31. The smallest absolute Gasteiger partial charge is 0.453 e. The number of hydrogen-bond donors (Lipinski definition) is 2. The third-order valence-electron chi connectivity index (χ3n) is 3.09. The van der Waals surface area contributed by atoms with Gasteiger partial charge in [-0.05, 0) is 24.3 Å². The highest BCUT2D eigenvalue weighted by molar-refractivity contribution is 5.95. The molecule has 1 aromatic carbocycles. The Kier molecular flexibility index (Phi) is 3.84. The molecule has 5 nitrogen and oxygen atoms in total. The zero-order valence-electron chi connectivity index (χ0n) is 11.8. The first-order valence-corrected chi connectivity index (χ1v) is 6.62. The van der Waals surface area contributed by atoms with E-state index in [0.717, 1.165) is 18.2 Å². The zero-order chi connectivity index (χ0) is 17.3. The first-order chi connectivity index (χ1) is 11.3. The standard InChI is InChI=1S/C15H9F4N3O2/c16-10-7-8(22-14(23)15(17,18)19)1-2-12(10)24-11-4-6-21-13-9(11)3-5-20-13/h1-7H,(H,20,21)(H,22,23). The van der Waals surface area contributed by atoms with Crippen molar-refractivity contribution in [1.29, 1.82) is 0 Å².